The van der Waals surface area contributed by atoms with Gasteiger partial charge in [0.25, 0.3) is 5.78 Å². The molecule has 0 spiro atoms. The van der Waals surface area contributed by atoms with Crippen molar-refractivity contribution in [3.63, 3.8) is 0 Å². The van der Waals surface area contributed by atoms with Gasteiger partial charge < -0.3 is 14.7 Å². The molecule has 1 rings (SSSR count). The first-order chi connectivity index (χ1) is 11.9. The number of Topliss-reactive ketones (excluding diaryl/α,β-unsaturated/α-hetero) is 1. The smallest absolute Gasteiger partial charge is 0.441 e. The van der Waals surface area contributed by atoms with Crippen LogP contribution in [0.2, 0.25) is 23.2 Å². The molecule has 0 radical (unpaired) electrons. The summed E-state index contributed by atoms with van der Waals surface area (Å²) in [7, 11) is -1.10. The van der Waals surface area contributed by atoms with Gasteiger partial charge in [-0.3, -0.25) is 4.79 Å². The van der Waals surface area contributed by atoms with Crippen molar-refractivity contribution >= 4 is 37.4 Å². The lowest BCUT2D eigenvalue weighted by Crippen LogP contribution is -2.42. The van der Waals surface area contributed by atoms with Gasteiger partial charge in [-0.15, -0.1) is 0 Å². The van der Waals surface area contributed by atoms with Crippen LogP contribution in [0.3, 0.4) is 0 Å². The minimum atomic E-state index is -2.22. The molecule has 0 heterocycles. The Morgan fingerprint density at radius 1 is 1.23 bits per heavy atom. The summed E-state index contributed by atoms with van der Waals surface area (Å²) < 4.78 is 10.9. The number of rotatable bonds is 7. The van der Waals surface area contributed by atoms with Crippen molar-refractivity contribution in [3.8, 4) is 0 Å². The Labute approximate surface area is 160 Å². The number of carbonyl (C=O) groups excluding carboxylic acids is 2. The molecule has 142 valence electrons. The van der Waals surface area contributed by atoms with Crippen LogP contribution in [0.5, 0.6) is 0 Å². The molecular weight excluding hydrogens is 372 g/mol. The number of hydrogen-bond donors (Lipinski definition) is 0. The number of methoxy groups -OCH3 is 1. The Balaban J connectivity index is 3.21. The largest absolute Gasteiger partial charge is 0.460 e. The van der Waals surface area contributed by atoms with E-state index in [0.717, 1.165) is 12.7 Å². The molecule has 0 bridgehead atoms. The zero-order chi connectivity index (χ0) is 20.1. The van der Waals surface area contributed by atoms with E-state index in [1.165, 1.54) is 0 Å². The van der Waals surface area contributed by atoms with Crippen molar-refractivity contribution in [1.29, 1.82) is 0 Å². The number of hydrogen-bond acceptors (Lipinski definition) is 4. The van der Waals surface area contributed by atoms with Gasteiger partial charge in [0, 0.05) is 11.4 Å². The van der Waals surface area contributed by atoms with Crippen molar-refractivity contribution in [2.24, 2.45) is 0 Å². The van der Waals surface area contributed by atoms with Crippen LogP contribution in [-0.2, 0) is 18.8 Å². The lowest BCUT2D eigenvalue weighted by Gasteiger charge is -2.39. The number of esters is 1. The molecule has 0 aliphatic rings. The van der Waals surface area contributed by atoms with Crippen molar-refractivity contribution < 1.29 is 23.5 Å². The predicted molar refractivity (Wildman–Crippen MR) is 103 cm³/mol. The van der Waals surface area contributed by atoms with Gasteiger partial charge in [-0.25, -0.2) is 4.79 Å². The summed E-state index contributed by atoms with van der Waals surface area (Å²) in [5, 5.41) is 0.495. The van der Waals surface area contributed by atoms with E-state index in [2.05, 4.69) is 43.4 Å². The first-order valence-corrected chi connectivity index (χ1v) is 11.5. The second kappa shape index (κ2) is 8.73. The molecule has 1 unspecified atom stereocenters. The highest BCUT2D eigenvalue weighted by molar-refractivity contribution is 6.74. The number of ketones is 1. The van der Waals surface area contributed by atoms with Crippen LogP contribution in [0, 0.1) is 0 Å². The molecule has 0 aromatic heterocycles. The topological polar surface area (TPSA) is 89.0 Å². The van der Waals surface area contributed by atoms with Gasteiger partial charge in [-0.2, -0.15) is 4.79 Å². The molecule has 0 saturated heterocycles. The first-order valence-electron chi connectivity index (χ1n) is 8.19. The van der Waals surface area contributed by atoms with Crippen LogP contribution >= 0.6 is 11.6 Å². The number of nitrogens with zero attached hydrogens (tertiary/aromatic N) is 2. The Morgan fingerprint density at radius 3 is 2.19 bits per heavy atom. The highest BCUT2D eigenvalue weighted by Gasteiger charge is 2.41. The maximum absolute atomic E-state index is 12.5. The van der Waals surface area contributed by atoms with Gasteiger partial charge in [-0.1, -0.05) is 44.5 Å². The lowest BCUT2D eigenvalue weighted by atomic mass is 10.0. The van der Waals surface area contributed by atoms with E-state index >= 15 is 0 Å². The van der Waals surface area contributed by atoms with E-state index in [1.807, 2.05) is 0 Å². The Morgan fingerprint density at radius 2 is 1.77 bits per heavy atom. The van der Waals surface area contributed by atoms with E-state index in [4.69, 9.17) is 21.6 Å². The van der Waals surface area contributed by atoms with Crippen LogP contribution in [0.25, 0.3) is 5.53 Å². The second-order valence-corrected chi connectivity index (χ2v) is 12.7. The van der Waals surface area contributed by atoms with Crippen molar-refractivity contribution in [2.75, 3.05) is 7.11 Å². The van der Waals surface area contributed by atoms with Gasteiger partial charge in [-0.05, 0) is 35.8 Å². The van der Waals surface area contributed by atoms with E-state index < -0.39 is 31.9 Å². The Kier molecular flexibility index (Phi) is 7.47. The highest BCUT2D eigenvalue weighted by Crippen LogP contribution is 2.40. The standard InChI is InChI=1S/C18H25ClN2O4Si/c1-18(2,3)26(5,6)25-15(12-7-9-13(19)10-8-12)11-14(22)16(21-20)17(23)24-4/h7-10,15H,11H2,1-6H3. The van der Waals surface area contributed by atoms with Gasteiger partial charge in [0.1, 0.15) is 0 Å². The van der Waals surface area contributed by atoms with Crippen LogP contribution in [0.1, 0.15) is 38.9 Å². The first kappa shape index (κ1) is 22.2. The molecule has 0 N–H and O–H groups in total. The van der Waals surface area contributed by atoms with Gasteiger partial charge >= 0.3 is 11.7 Å². The molecule has 0 aliphatic carbocycles. The van der Waals surface area contributed by atoms with Gasteiger partial charge in [0.15, 0.2) is 8.32 Å². The molecule has 26 heavy (non-hydrogen) atoms. The average Bonchev–Trinajstić information content (AvgIpc) is 2.54. The minimum Gasteiger partial charge on any atom is -0.460 e. The molecular formula is C18H25ClN2O4Si. The van der Waals surface area contributed by atoms with Gasteiger partial charge in [0.05, 0.1) is 13.2 Å². The van der Waals surface area contributed by atoms with E-state index in [-0.39, 0.29) is 11.5 Å². The van der Waals surface area contributed by atoms with E-state index in [0.29, 0.717) is 5.02 Å². The summed E-state index contributed by atoms with van der Waals surface area (Å²) in [5.41, 5.74) is 9.11. The quantitative estimate of drug-likeness (QED) is 0.172. The summed E-state index contributed by atoms with van der Waals surface area (Å²) in [5.74, 6) is -1.64. The summed E-state index contributed by atoms with van der Waals surface area (Å²) >= 11 is 5.95. The van der Waals surface area contributed by atoms with Gasteiger partial charge in [0.2, 0.25) is 0 Å². The lowest BCUT2D eigenvalue weighted by molar-refractivity contribution is -0.139. The fraction of sp³-hybridized carbons (Fsp3) is 0.500. The Hall–Kier alpha value is -1.79. The van der Waals surface area contributed by atoms with Crippen molar-refractivity contribution in [3.05, 3.63) is 40.4 Å². The molecule has 1 aromatic carbocycles. The van der Waals surface area contributed by atoms with Crippen LogP contribution in [0.4, 0.5) is 0 Å². The monoisotopic (exact) mass is 396 g/mol. The molecule has 0 saturated carbocycles. The third kappa shape index (κ3) is 5.61. The predicted octanol–water partition coefficient (Wildman–Crippen LogP) is 4.21. The summed E-state index contributed by atoms with van der Waals surface area (Å²) in [6, 6.07) is 6.98. The molecule has 0 amide bonds. The zero-order valence-corrected chi connectivity index (χ0v) is 17.8. The SMILES string of the molecule is COC(=O)C(=[N+]=[N-])C(=O)CC(O[Si](C)(C)C(C)(C)C)c1ccc(Cl)cc1. The fourth-order valence-electron chi connectivity index (χ4n) is 2.01. The van der Waals surface area contributed by atoms with Crippen molar-refractivity contribution in [2.45, 2.75) is 51.4 Å². The third-order valence-electron chi connectivity index (χ3n) is 4.60. The average molecular weight is 397 g/mol. The van der Waals surface area contributed by atoms with Crippen molar-refractivity contribution in [1.82, 2.24) is 0 Å². The summed E-state index contributed by atoms with van der Waals surface area (Å²) in [4.78, 5) is 26.9. The molecule has 1 atom stereocenters. The van der Waals surface area contributed by atoms with Crippen LogP contribution < -0.4 is 0 Å². The number of benzene rings is 1. The summed E-state index contributed by atoms with van der Waals surface area (Å²) in [6.45, 7) is 10.4. The second-order valence-electron chi connectivity index (χ2n) is 7.49. The number of halogens is 1. The third-order valence-corrected chi connectivity index (χ3v) is 9.34. The Bertz CT molecular complexity index is 720. The number of ether oxygens (including phenoxy) is 1. The maximum Gasteiger partial charge on any atom is 0.441 e. The molecule has 0 fully saturated rings. The molecule has 8 heteroatoms. The molecule has 1 aromatic rings. The van der Waals surface area contributed by atoms with Crippen LogP contribution in [0.15, 0.2) is 24.3 Å². The van der Waals surface area contributed by atoms with E-state index in [1.54, 1.807) is 24.3 Å². The molecule has 0 aliphatic heterocycles. The number of carbonyl (C=O) groups is 2. The van der Waals surface area contributed by atoms with Crippen LogP contribution in [-0.4, -0.2) is 37.7 Å². The maximum atomic E-state index is 12.5. The van der Waals surface area contributed by atoms with E-state index in [9.17, 15) is 9.59 Å². The fourth-order valence-corrected chi connectivity index (χ4v) is 3.42. The summed E-state index contributed by atoms with van der Waals surface area (Å²) in [6.07, 6.45) is -0.745. The highest BCUT2D eigenvalue weighted by atomic mass is 35.5. The minimum absolute atomic E-state index is 0.0725. The molecule has 6 nitrogen and oxygen atoms in total. The zero-order valence-electron chi connectivity index (χ0n) is 16.0. The normalized spacial score (nSPS) is 12.9.